The minimum atomic E-state index is -0.241. The minimum absolute atomic E-state index is 0.0688. The third-order valence-corrected chi connectivity index (χ3v) is 5.52. The Morgan fingerprint density at radius 2 is 1.79 bits per heavy atom. The number of urea groups is 1. The van der Waals surface area contributed by atoms with Crippen molar-refractivity contribution in [1.82, 2.24) is 15.5 Å². The first-order valence-corrected chi connectivity index (χ1v) is 9.49. The van der Waals surface area contributed by atoms with Crippen molar-refractivity contribution in [2.24, 2.45) is 11.3 Å². The second-order valence-electron chi connectivity index (χ2n) is 9.06. The summed E-state index contributed by atoms with van der Waals surface area (Å²) in [5, 5.41) is 6.00. The van der Waals surface area contributed by atoms with Crippen LogP contribution in [0.5, 0.6) is 0 Å². The number of carbonyl (C=O) groups excluding carboxylic acids is 2. The van der Waals surface area contributed by atoms with E-state index in [1.165, 1.54) is 12.8 Å². The van der Waals surface area contributed by atoms with Crippen molar-refractivity contribution in [2.45, 2.75) is 84.7 Å². The monoisotopic (exact) mass is 337 g/mol. The Hall–Kier alpha value is -1.26. The van der Waals surface area contributed by atoms with E-state index in [-0.39, 0.29) is 23.0 Å². The Labute approximate surface area is 146 Å². The van der Waals surface area contributed by atoms with Crippen molar-refractivity contribution in [1.29, 1.82) is 0 Å². The summed E-state index contributed by atoms with van der Waals surface area (Å²) < 4.78 is 0. The Kier molecular flexibility index (Phi) is 5.82. The van der Waals surface area contributed by atoms with Crippen molar-refractivity contribution >= 4 is 11.9 Å². The molecule has 3 amide bonds. The van der Waals surface area contributed by atoms with Crippen LogP contribution in [-0.4, -0.2) is 41.5 Å². The number of hydrogen-bond donors (Lipinski definition) is 2. The lowest BCUT2D eigenvalue weighted by atomic mass is 9.84. The zero-order valence-corrected chi connectivity index (χ0v) is 16.1. The Morgan fingerprint density at radius 3 is 2.38 bits per heavy atom. The predicted octanol–water partition coefficient (Wildman–Crippen LogP) is 3.29. The number of nitrogens with one attached hydrogen (secondary N) is 2. The van der Waals surface area contributed by atoms with Gasteiger partial charge in [0.25, 0.3) is 0 Å². The van der Waals surface area contributed by atoms with Crippen LogP contribution >= 0.6 is 0 Å². The normalized spacial score (nSPS) is 25.2. The van der Waals surface area contributed by atoms with Crippen LogP contribution in [-0.2, 0) is 4.79 Å². The van der Waals surface area contributed by atoms with Crippen molar-refractivity contribution in [3.8, 4) is 0 Å². The van der Waals surface area contributed by atoms with Crippen LogP contribution < -0.4 is 10.6 Å². The molecule has 1 heterocycles. The summed E-state index contributed by atoms with van der Waals surface area (Å²) in [6.07, 6.45) is 6.48. The number of piperidine rings is 1. The lowest BCUT2D eigenvalue weighted by Gasteiger charge is -2.39. The molecule has 5 heteroatoms. The SMILES string of the molecule is C[C@H](NC(=O)NC(C)(C)C)[C@@H]1CCCN(C(=O)C2(C)CCCC2)C1. The van der Waals surface area contributed by atoms with Crippen LogP contribution in [0.1, 0.15) is 73.1 Å². The molecule has 2 aliphatic rings. The predicted molar refractivity (Wildman–Crippen MR) is 96.8 cm³/mol. The second-order valence-corrected chi connectivity index (χ2v) is 9.06. The van der Waals surface area contributed by atoms with Crippen molar-refractivity contribution in [3.05, 3.63) is 0 Å². The molecule has 138 valence electrons. The molecule has 0 radical (unpaired) electrons. The van der Waals surface area contributed by atoms with Gasteiger partial charge in [0.1, 0.15) is 0 Å². The van der Waals surface area contributed by atoms with Crippen LogP contribution in [0.15, 0.2) is 0 Å². The zero-order chi connectivity index (χ0) is 18.0. The average molecular weight is 338 g/mol. The topological polar surface area (TPSA) is 61.4 Å². The summed E-state index contributed by atoms with van der Waals surface area (Å²) in [5.41, 5.74) is -0.391. The van der Waals surface area contributed by atoms with Gasteiger partial charge in [0.05, 0.1) is 0 Å². The molecule has 1 aliphatic carbocycles. The number of hydrogen-bond acceptors (Lipinski definition) is 2. The standard InChI is InChI=1S/C19H35N3O2/c1-14(20-17(24)21-18(2,3)4)15-9-8-12-22(13-15)16(23)19(5)10-6-7-11-19/h14-15H,6-13H2,1-5H3,(H2,20,21,24)/t14-,15+/m0/s1. The fraction of sp³-hybridized carbons (Fsp3) is 0.895. The number of carbonyl (C=O) groups is 2. The van der Waals surface area contributed by atoms with Crippen LogP contribution in [0.3, 0.4) is 0 Å². The first kappa shape index (κ1) is 19.1. The van der Waals surface area contributed by atoms with Gasteiger partial charge < -0.3 is 15.5 Å². The van der Waals surface area contributed by atoms with Gasteiger partial charge >= 0.3 is 6.03 Å². The Morgan fingerprint density at radius 1 is 1.17 bits per heavy atom. The Balaban J connectivity index is 1.90. The number of likely N-dealkylation sites (tertiary alicyclic amines) is 1. The summed E-state index contributed by atoms with van der Waals surface area (Å²) in [4.78, 5) is 27.1. The van der Waals surface area contributed by atoms with Crippen LogP contribution in [0, 0.1) is 11.3 Å². The fourth-order valence-electron chi connectivity index (χ4n) is 4.05. The highest BCUT2D eigenvalue weighted by Gasteiger charge is 2.40. The summed E-state index contributed by atoms with van der Waals surface area (Å²) in [6.45, 7) is 11.7. The van der Waals surface area contributed by atoms with Gasteiger partial charge in [-0.15, -0.1) is 0 Å². The quantitative estimate of drug-likeness (QED) is 0.830. The maximum atomic E-state index is 12.9. The molecule has 0 bridgehead atoms. The van der Waals surface area contributed by atoms with Gasteiger partial charge in [0.2, 0.25) is 5.91 Å². The highest BCUT2D eigenvalue weighted by atomic mass is 16.2. The van der Waals surface area contributed by atoms with E-state index in [2.05, 4.69) is 29.4 Å². The van der Waals surface area contributed by atoms with Crippen molar-refractivity contribution in [2.75, 3.05) is 13.1 Å². The highest BCUT2D eigenvalue weighted by Crippen LogP contribution is 2.40. The maximum Gasteiger partial charge on any atom is 0.315 e. The molecule has 5 nitrogen and oxygen atoms in total. The highest BCUT2D eigenvalue weighted by molar-refractivity contribution is 5.82. The maximum absolute atomic E-state index is 12.9. The summed E-state index contributed by atoms with van der Waals surface area (Å²) in [6, 6.07) is -0.0551. The molecule has 2 rings (SSSR count). The van der Waals surface area contributed by atoms with E-state index in [1.807, 2.05) is 20.8 Å². The van der Waals surface area contributed by atoms with Gasteiger partial charge in [-0.3, -0.25) is 4.79 Å². The number of amides is 3. The van der Waals surface area contributed by atoms with Gasteiger partial charge in [-0.2, -0.15) is 0 Å². The lowest BCUT2D eigenvalue weighted by Crippen LogP contribution is -2.54. The molecule has 2 atom stereocenters. The largest absolute Gasteiger partial charge is 0.342 e. The van der Waals surface area contributed by atoms with E-state index in [0.717, 1.165) is 38.8 Å². The molecule has 0 unspecified atom stereocenters. The van der Waals surface area contributed by atoms with E-state index >= 15 is 0 Å². The van der Waals surface area contributed by atoms with Gasteiger partial charge in [-0.05, 0) is 59.3 Å². The van der Waals surface area contributed by atoms with E-state index in [0.29, 0.717) is 11.8 Å². The van der Waals surface area contributed by atoms with Gasteiger partial charge in [0.15, 0.2) is 0 Å². The van der Waals surface area contributed by atoms with E-state index < -0.39 is 0 Å². The molecular weight excluding hydrogens is 302 g/mol. The molecule has 0 aromatic carbocycles. The van der Waals surface area contributed by atoms with E-state index in [4.69, 9.17) is 0 Å². The third-order valence-electron chi connectivity index (χ3n) is 5.52. The first-order chi connectivity index (χ1) is 11.1. The number of nitrogens with zero attached hydrogens (tertiary/aromatic N) is 1. The molecule has 24 heavy (non-hydrogen) atoms. The Bertz CT molecular complexity index is 464. The summed E-state index contributed by atoms with van der Waals surface area (Å²) >= 11 is 0. The molecule has 1 aliphatic heterocycles. The molecule has 2 fully saturated rings. The van der Waals surface area contributed by atoms with Crippen LogP contribution in [0.2, 0.25) is 0 Å². The third kappa shape index (κ3) is 4.87. The molecule has 0 aromatic rings. The van der Waals surface area contributed by atoms with E-state index in [9.17, 15) is 9.59 Å². The van der Waals surface area contributed by atoms with Crippen LogP contribution in [0.4, 0.5) is 4.79 Å². The molecule has 0 aromatic heterocycles. The fourth-order valence-corrected chi connectivity index (χ4v) is 4.05. The summed E-state index contributed by atoms with van der Waals surface area (Å²) in [7, 11) is 0. The summed E-state index contributed by atoms with van der Waals surface area (Å²) in [5.74, 6) is 0.662. The van der Waals surface area contributed by atoms with Gasteiger partial charge in [-0.25, -0.2) is 4.79 Å². The second kappa shape index (κ2) is 7.32. The molecule has 0 spiro atoms. The molecule has 2 N–H and O–H groups in total. The zero-order valence-electron chi connectivity index (χ0n) is 16.1. The smallest absolute Gasteiger partial charge is 0.315 e. The van der Waals surface area contributed by atoms with Gasteiger partial charge in [-0.1, -0.05) is 19.8 Å². The minimum Gasteiger partial charge on any atom is -0.342 e. The molecule has 1 saturated heterocycles. The van der Waals surface area contributed by atoms with Crippen LogP contribution in [0.25, 0.3) is 0 Å². The molecule has 1 saturated carbocycles. The first-order valence-electron chi connectivity index (χ1n) is 9.49. The van der Waals surface area contributed by atoms with E-state index in [1.54, 1.807) is 0 Å². The molecular formula is C19H35N3O2. The van der Waals surface area contributed by atoms with Gasteiger partial charge in [0, 0.05) is 30.1 Å². The number of rotatable bonds is 3. The lowest BCUT2D eigenvalue weighted by molar-refractivity contribution is -0.143. The average Bonchev–Trinajstić information content (AvgIpc) is 2.92. The van der Waals surface area contributed by atoms with Crippen molar-refractivity contribution < 1.29 is 9.59 Å². The van der Waals surface area contributed by atoms with Crippen molar-refractivity contribution in [3.63, 3.8) is 0 Å².